The van der Waals surface area contributed by atoms with E-state index in [0.29, 0.717) is 0 Å². The summed E-state index contributed by atoms with van der Waals surface area (Å²) in [7, 11) is 1.00. The third-order valence-corrected chi connectivity index (χ3v) is 3.32. The Hall–Kier alpha value is -0.710. The number of hydrogen-bond donors (Lipinski definition) is 2. The van der Waals surface area contributed by atoms with Crippen molar-refractivity contribution in [2.75, 3.05) is 13.7 Å². The lowest BCUT2D eigenvalue weighted by Crippen LogP contribution is -2.18. The molecule has 19 heavy (non-hydrogen) atoms. The first-order valence-electron chi connectivity index (χ1n) is 6.16. The fourth-order valence-electron chi connectivity index (χ4n) is 1.09. The second kappa shape index (κ2) is 12.3. The van der Waals surface area contributed by atoms with Crippen LogP contribution in [0.4, 0.5) is 0 Å². The first kappa shape index (κ1) is 20.6. The minimum Gasteiger partial charge on any atom is -0.400 e. The van der Waals surface area contributed by atoms with Gasteiger partial charge in [-0.1, -0.05) is 47.5 Å². The van der Waals surface area contributed by atoms with Gasteiger partial charge < -0.3 is 10.2 Å². The van der Waals surface area contributed by atoms with Crippen molar-refractivity contribution in [2.24, 2.45) is 11.8 Å². The largest absolute Gasteiger partial charge is 0.400 e. The van der Waals surface area contributed by atoms with Crippen molar-refractivity contribution >= 4 is 21.7 Å². The average Bonchev–Trinajstić information content (AvgIpc) is 2.43. The Morgan fingerprint density at radius 1 is 1.21 bits per heavy atom. The van der Waals surface area contributed by atoms with E-state index in [-0.39, 0.29) is 24.2 Å². The molecule has 1 aromatic rings. The van der Waals surface area contributed by atoms with Gasteiger partial charge in [0.1, 0.15) is 5.78 Å². The average molecular weight is 333 g/mol. The van der Waals surface area contributed by atoms with Crippen LogP contribution in [-0.4, -0.2) is 29.7 Å². The van der Waals surface area contributed by atoms with Crippen LogP contribution < -0.4 is 0 Å². The van der Waals surface area contributed by atoms with Gasteiger partial charge in [-0.2, -0.15) is 0 Å². The number of aliphatic hydroxyl groups excluding tert-OH is 2. The van der Waals surface area contributed by atoms with Gasteiger partial charge in [-0.15, -0.1) is 0 Å². The highest BCUT2D eigenvalue weighted by atomic mass is 79.9. The molecule has 4 heteroatoms. The Morgan fingerprint density at radius 3 is 1.84 bits per heavy atom. The van der Waals surface area contributed by atoms with Crippen molar-refractivity contribution in [3.05, 3.63) is 34.3 Å². The molecule has 1 aromatic carbocycles. The third kappa shape index (κ3) is 10.9. The highest BCUT2D eigenvalue weighted by Crippen LogP contribution is 2.10. The molecule has 110 valence electrons. The predicted octanol–water partition coefficient (Wildman–Crippen LogP) is 3.21. The van der Waals surface area contributed by atoms with Gasteiger partial charge >= 0.3 is 0 Å². The summed E-state index contributed by atoms with van der Waals surface area (Å²) in [6.45, 7) is 7.43. The van der Waals surface area contributed by atoms with Gasteiger partial charge in [-0.3, -0.25) is 4.79 Å². The standard InChI is InChI=1S/C7H7Br.C7H14O2.CH4O/c1-6-2-4-7(8)5-3-6;1-5(4-8)6(2)7(3)9;1-2/h2-5H,1H3;5-6,8H,4H2,1-3H3;2H,1H3. The summed E-state index contributed by atoms with van der Waals surface area (Å²) in [5.74, 6) is 0.244. The molecule has 0 aliphatic rings. The van der Waals surface area contributed by atoms with E-state index in [9.17, 15) is 4.79 Å². The number of aryl methyl sites for hydroxylation is 1. The van der Waals surface area contributed by atoms with Crippen molar-refractivity contribution in [3.63, 3.8) is 0 Å². The van der Waals surface area contributed by atoms with Crippen LogP contribution >= 0.6 is 15.9 Å². The van der Waals surface area contributed by atoms with Crippen molar-refractivity contribution in [1.82, 2.24) is 0 Å². The van der Waals surface area contributed by atoms with E-state index >= 15 is 0 Å². The Kier molecular flexibility index (Phi) is 13.4. The smallest absolute Gasteiger partial charge is 0.132 e. The van der Waals surface area contributed by atoms with Crippen molar-refractivity contribution in [3.8, 4) is 0 Å². The molecule has 1 rings (SSSR count). The number of aliphatic hydroxyl groups is 2. The van der Waals surface area contributed by atoms with E-state index in [0.717, 1.165) is 11.6 Å². The Balaban J connectivity index is 0. The molecule has 0 bridgehead atoms. The number of Topliss-reactive ketones (excluding diaryl/α,β-unsaturated/α-hetero) is 1. The topological polar surface area (TPSA) is 57.5 Å². The zero-order chi connectivity index (χ0) is 15.4. The lowest BCUT2D eigenvalue weighted by atomic mass is 9.94. The number of ketones is 1. The molecule has 3 nitrogen and oxygen atoms in total. The molecule has 0 heterocycles. The maximum Gasteiger partial charge on any atom is 0.132 e. The molecule has 0 aliphatic carbocycles. The molecule has 0 amide bonds. The third-order valence-electron chi connectivity index (χ3n) is 2.79. The Labute approximate surface area is 124 Å². The molecular formula is C15H25BrO3. The molecule has 0 saturated heterocycles. The molecule has 2 N–H and O–H groups in total. The summed E-state index contributed by atoms with van der Waals surface area (Å²) < 4.78 is 1.14. The van der Waals surface area contributed by atoms with Crippen LogP contribution in [0.2, 0.25) is 0 Å². The zero-order valence-corrected chi connectivity index (χ0v) is 13.9. The maximum absolute atomic E-state index is 10.6. The number of halogens is 1. The Morgan fingerprint density at radius 2 is 1.63 bits per heavy atom. The molecule has 0 spiro atoms. The monoisotopic (exact) mass is 332 g/mol. The molecule has 2 atom stereocenters. The van der Waals surface area contributed by atoms with Gasteiger partial charge in [0.2, 0.25) is 0 Å². The summed E-state index contributed by atoms with van der Waals surface area (Å²) in [4.78, 5) is 10.6. The van der Waals surface area contributed by atoms with Crippen molar-refractivity contribution in [2.45, 2.75) is 27.7 Å². The predicted molar refractivity (Wildman–Crippen MR) is 83.1 cm³/mol. The number of hydrogen-bond acceptors (Lipinski definition) is 3. The number of rotatable bonds is 3. The van der Waals surface area contributed by atoms with Gasteiger partial charge in [-0.25, -0.2) is 0 Å². The molecule has 0 saturated carbocycles. The second-order valence-corrected chi connectivity index (χ2v) is 5.27. The van der Waals surface area contributed by atoms with Crippen molar-refractivity contribution < 1.29 is 15.0 Å². The van der Waals surface area contributed by atoms with Gasteiger partial charge in [0.25, 0.3) is 0 Å². The summed E-state index contributed by atoms with van der Waals surface area (Å²) in [6.07, 6.45) is 0. The zero-order valence-electron chi connectivity index (χ0n) is 12.4. The van der Waals surface area contributed by atoms with Gasteiger partial charge in [-0.05, 0) is 31.9 Å². The van der Waals surface area contributed by atoms with E-state index in [4.69, 9.17) is 10.2 Å². The van der Waals surface area contributed by atoms with E-state index in [1.807, 2.05) is 26.0 Å². The molecular weight excluding hydrogens is 308 g/mol. The summed E-state index contributed by atoms with van der Waals surface area (Å²) in [5.41, 5.74) is 1.30. The Bertz CT molecular complexity index is 315. The lowest BCUT2D eigenvalue weighted by Gasteiger charge is -2.12. The van der Waals surface area contributed by atoms with Crippen LogP contribution in [0.3, 0.4) is 0 Å². The van der Waals surface area contributed by atoms with Crippen LogP contribution in [-0.2, 0) is 4.79 Å². The second-order valence-electron chi connectivity index (χ2n) is 4.35. The normalized spacial score (nSPS) is 12.2. The first-order chi connectivity index (χ1) is 8.88. The minimum atomic E-state index is -0.00463. The number of carbonyl (C=O) groups is 1. The quantitative estimate of drug-likeness (QED) is 0.893. The molecule has 0 aliphatic heterocycles. The van der Waals surface area contributed by atoms with E-state index < -0.39 is 0 Å². The van der Waals surface area contributed by atoms with Gasteiger partial charge in [0.15, 0.2) is 0 Å². The summed E-state index contributed by atoms with van der Waals surface area (Å²) in [5, 5.41) is 15.6. The summed E-state index contributed by atoms with van der Waals surface area (Å²) >= 11 is 3.35. The minimum absolute atomic E-state index is 0.00463. The van der Waals surface area contributed by atoms with Crippen LogP contribution in [0, 0.1) is 18.8 Å². The first-order valence-corrected chi connectivity index (χ1v) is 6.96. The lowest BCUT2D eigenvalue weighted by molar-refractivity contribution is -0.122. The fourth-order valence-corrected chi connectivity index (χ4v) is 1.36. The number of carbonyl (C=O) groups excluding carboxylic acids is 1. The van der Waals surface area contributed by atoms with Gasteiger partial charge in [0.05, 0.1) is 0 Å². The molecule has 0 fully saturated rings. The molecule has 0 radical (unpaired) electrons. The van der Waals surface area contributed by atoms with Crippen LogP contribution in [0.25, 0.3) is 0 Å². The highest BCUT2D eigenvalue weighted by molar-refractivity contribution is 9.10. The van der Waals surface area contributed by atoms with Crippen molar-refractivity contribution in [1.29, 1.82) is 0 Å². The van der Waals surface area contributed by atoms with E-state index in [1.165, 1.54) is 5.56 Å². The molecule has 2 unspecified atom stereocenters. The van der Waals surface area contributed by atoms with Crippen LogP contribution in [0.1, 0.15) is 26.3 Å². The summed E-state index contributed by atoms with van der Waals surface area (Å²) in [6, 6.07) is 8.22. The van der Waals surface area contributed by atoms with Gasteiger partial charge in [0, 0.05) is 24.1 Å². The maximum atomic E-state index is 10.6. The highest BCUT2D eigenvalue weighted by Gasteiger charge is 2.14. The van der Waals surface area contributed by atoms with Crippen LogP contribution in [0.15, 0.2) is 28.7 Å². The number of benzene rings is 1. The molecule has 0 aromatic heterocycles. The fraction of sp³-hybridized carbons (Fsp3) is 0.533. The van der Waals surface area contributed by atoms with E-state index in [1.54, 1.807) is 6.92 Å². The SMILES string of the molecule is CC(=O)C(C)C(C)CO.CO.Cc1ccc(Br)cc1. The van der Waals surface area contributed by atoms with E-state index in [2.05, 4.69) is 35.0 Å². The van der Waals surface area contributed by atoms with Crippen LogP contribution in [0.5, 0.6) is 0 Å².